The SMILES string of the molecule is Cc1ccccc1NC(=O)Cc1nc(CN2CCN(c3ccc(O)cc3)CC2)cs1. The maximum atomic E-state index is 12.3. The molecule has 0 radical (unpaired) electrons. The van der Waals surface area contributed by atoms with Gasteiger partial charge < -0.3 is 15.3 Å². The van der Waals surface area contributed by atoms with E-state index < -0.39 is 0 Å². The molecule has 4 rings (SSSR count). The average Bonchev–Trinajstić information content (AvgIpc) is 3.17. The van der Waals surface area contributed by atoms with Gasteiger partial charge in [0.05, 0.1) is 12.1 Å². The summed E-state index contributed by atoms with van der Waals surface area (Å²) in [6.45, 7) is 6.60. The quantitative estimate of drug-likeness (QED) is 0.635. The number of thiazole rings is 1. The van der Waals surface area contributed by atoms with Crippen molar-refractivity contribution in [3.63, 3.8) is 0 Å². The first-order valence-corrected chi connectivity index (χ1v) is 11.0. The van der Waals surface area contributed by atoms with Gasteiger partial charge in [-0.1, -0.05) is 18.2 Å². The molecule has 0 atom stereocenters. The number of aromatic hydroxyl groups is 1. The van der Waals surface area contributed by atoms with Crippen LogP contribution in [0.15, 0.2) is 53.9 Å². The lowest BCUT2D eigenvalue weighted by Crippen LogP contribution is -2.46. The number of nitrogens with one attached hydrogen (secondary N) is 1. The number of para-hydroxylation sites is 1. The lowest BCUT2D eigenvalue weighted by Gasteiger charge is -2.35. The maximum Gasteiger partial charge on any atom is 0.231 e. The fourth-order valence-corrected chi connectivity index (χ4v) is 4.39. The number of hydrogen-bond donors (Lipinski definition) is 2. The molecule has 2 heterocycles. The molecule has 0 unspecified atom stereocenters. The summed E-state index contributed by atoms with van der Waals surface area (Å²) in [5.74, 6) is 0.261. The van der Waals surface area contributed by atoms with E-state index in [1.165, 1.54) is 0 Å². The first-order valence-electron chi connectivity index (χ1n) is 10.1. The molecule has 1 saturated heterocycles. The molecule has 30 heavy (non-hydrogen) atoms. The van der Waals surface area contributed by atoms with Gasteiger partial charge in [-0.15, -0.1) is 11.3 Å². The molecule has 1 fully saturated rings. The molecule has 3 aromatic rings. The molecule has 1 aromatic heterocycles. The molecule has 0 aliphatic carbocycles. The second-order valence-corrected chi connectivity index (χ2v) is 8.49. The molecule has 1 aliphatic rings. The smallest absolute Gasteiger partial charge is 0.231 e. The van der Waals surface area contributed by atoms with E-state index in [1.54, 1.807) is 23.5 Å². The second-order valence-electron chi connectivity index (χ2n) is 7.55. The summed E-state index contributed by atoms with van der Waals surface area (Å²) in [6.07, 6.45) is 0.299. The van der Waals surface area contributed by atoms with Crippen LogP contribution in [0.5, 0.6) is 5.75 Å². The highest BCUT2D eigenvalue weighted by atomic mass is 32.1. The van der Waals surface area contributed by atoms with Gasteiger partial charge in [-0.3, -0.25) is 9.69 Å². The van der Waals surface area contributed by atoms with Crippen molar-refractivity contribution >= 4 is 28.6 Å². The van der Waals surface area contributed by atoms with Crippen LogP contribution in [0.3, 0.4) is 0 Å². The Morgan fingerprint density at radius 2 is 1.83 bits per heavy atom. The Kier molecular flexibility index (Phi) is 6.30. The third-order valence-electron chi connectivity index (χ3n) is 5.30. The molecule has 1 aliphatic heterocycles. The zero-order chi connectivity index (χ0) is 20.9. The van der Waals surface area contributed by atoms with Gasteiger partial charge in [0.1, 0.15) is 10.8 Å². The van der Waals surface area contributed by atoms with Gasteiger partial charge in [0, 0.05) is 49.5 Å². The Balaban J connectivity index is 1.26. The molecule has 0 spiro atoms. The Hall–Kier alpha value is -2.90. The fraction of sp³-hybridized carbons (Fsp3) is 0.304. The first-order chi connectivity index (χ1) is 14.6. The van der Waals surface area contributed by atoms with Crippen molar-refractivity contribution in [1.82, 2.24) is 9.88 Å². The lowest BCUT2D eigenvalue weighted by atomic mass is 10.2. The summed E-state index contributed by atoms with van der Waals surface area (Å²) >= 11 is 1.55. The number of rotatable bonds is 6. The predicted molar refractivity (Wildman–Crippen MR) is 121 cm³/mol. The van der Waals surface area contributed by atoms with Crippen LogP contribution in [0.4, 0.5) is 11.4 Å². The third kappa shape index (κ3) is 5.17. The molecule has 0 bridgehead atoms. The van der Waals surface area contributed by atoms with E-state index in [0.717, 1.165) is 60.4 Å². The monoisotopic (exact) mass is 422 g/mol. The van der Waals surface area contributed by atoms with Crippen molar-refractivity contribution in [3.8, 4) is 5.75 Å². The molecular formula is C23H26N4O2S. The van der Waals surface area contributed by atoms with Gasteiger partial charge >= 0.3 is 0 Å². The van der Waals surface area contributed by atoms with E-state index in [4.69, 9.17) is 0 Å². The van der Waals surface area contributed by atoms with Gasteiger partial charge in [-0.2, -0.15) is 0 Å². The summed E-state index contributed by atoms with van der Waals surface area (Å²) in [4.78, 5) is 21.7. The van der Waals surface area contributed by atoms with E-state index >= 15 is 0 Å². The Morgan fingerprint density at radius 1 is 1.10 bits per heavy atom. The number of carbonyl (C=O) groups is 1. The number of anilines is 2. The number of hydrogen-bond acceptors (Lipinski definition) is 6. The summed E-state index contributed by atoms with van der Waals surface area (Å²) in [7, 11) is 0. The van der Waals surface area contributed by atoms with Gasteiger partial charge in [0.2, 0.25) is 5.91 Å². The number of amides is 1. The molecule has 2 aromatic carbocycles. The summed E-state index contributed by atoms with van der Waals surface area (Å²) in [5, 5.41) is 15.3. The van der Waals surface area contributed by atoms with Crippen LogP contribution >= 0.6 is 11.3 Å². The molecule has 2 N–H and O–H groups in total. The molecule has 6 nitrogen and oxygen atoms in total. The molecular weight excluding hydrogens is 396 g/mol. The van der Waals surface area contributed by atoms with Crippen LogP contribution < -0.4 is 10.2 Å². The summed E-state index contributed by atoms with van der Waals surface area (Å²) in [5.41, 5.74) is 4.07. The number of phenolic OH excluding ortho intramolecular Hbond substituents is 1. The largest absolute Gasteiger partial charge is 0.508 e. The predicted octanol–water partition coefficient (Wildman–Crippen LogP) is 3.66. The van der Waals surface area contributed by atoms with Crippen molar-refractivity contribution in [1.29, 1.82) is 0 Å². The Labute approximate surface area is 180 Å². The van der Waals surface area contributed by atoms with Crippen molar-refractivity contribution < 1.29 is 9.90 Å². The van der Waals surface area contributed by atoms with Crippen molar-refractivity contribution in [2.75, 3.05) is 36.4 Å². The van der Waals surface area contributed by atoms with Crippen molar-refractivity contribution in [2.45, 2.75) is 19.9 Å². The summed E-state index contributed by atoms with van der Waals surface area (Å²) in [6, 6.07) is 15.2. The zero-order valence-electron chi connectivity index (χ0n) is 17.0. The van der Waals surface area contributed by atoms with Crippen LogP contribution in [0.1, 0.15) is 16.3 Å². The number of phenols is 1. The van der Waals surface area contributed by atoms with Crippen LogP contribution in [-0.4, -0.2) is 47.1 Å². The van der Waals surface area contributed by atoms with E-state index in [1.807, 2.05) is 43.3 Å². The number of piperazine rings is 1. The highest BCUT2D eigenvalue weighted by Crippen LogP contribution is 2.21. The van der Waals surface area contributed by atoms with E-state index in [9.17, 15) is 9.90 Å². The highest BCUT2D eigenvalue weighted by Gasteiger charge is 2.18. The number of nitrogens with zero attached hydrogens (tertiary/aromatic N) is 3. The lowest BCUT2D eigenvalue weighted by molar-refractivity contribution is -0.115. The zero-order valence-corrected chi connectivity index (χ0v) is 17.9. The Bertz CT molecular complexity index is 994. The molecule has 156 valence electrons. The van der Waals surface area contributed by atoms with Gasteiger partial charge in [-0.05, 0) is 42.8 Å². The standard InChI is InChI=1S/C23H26N4O2S/c1-17-4-2-3-5-21(17)25-22(29)14-23-24-18(16-30-23)15-26-10-12-27(13-11-26)19-6-8-20(28)9-7-19/h2-9,16,28H,10-15H2,1H3,(H,25,29). The highest BCUT2D eigenvalue weighted by molar-refractivity contribution is 7.09. The average molecular weight is 423 g/mol. The number of aromatic nitrogens is 1. The van der Waals surface area contributed by atoms with Crippen LogP contribution in [-0.2, 0) is 17.8 Å². The van der Waals surface area contributed by atoms with Crippen LogP contribution in [0.2, 0.25) is 0 Å². The van der Waals surface area contributed by atoms with Crippen molar-refractivity contribution in [2.24, 2.45) is 0 Å². The minimum Gasteiger partial charge on any atom is -0.508 e. The minimum atomic E-state index is -0.0345. The first kappa shape index (κ1) is 20.4. The molecule has 0 saturated carbocycles. The summed E-state index contributed by atoms with van der Waals surface area (Å²) < 4.78 is 0. The van der Waals surface area contributed by atoms with Crippen LogP contribution in [0, 0.1) is 6.92 Å². The van der Waals surface area contributed by atoms with Gasteiger partial charge in [0.25, 0.3) is 0 Å². The minimum absolute atomic E-state index is 0.0345. The number of aryl methyl sites for hydroxylation is 1. The van der Waals surface area contributed by atoms with E-state index in [0.29, 0.717) is 12.2 Å². The van der Waals surface area contributed by atoms with Gasteiger partial charge in [0.15, 0.2) is 0 Å². The third-order valence-corrected chi connectivity index (χ3v) is 6.20. The normalized spacial score (nSPS) is 14.6. The number of benzene rings is 2. The maximum absolute atomic E-state index is 12.3. The van der Waals surface area contributed by atoms with Crippen molar-refractivity contribution in [3.05, 3.63) is 70.2 Å². The molecule has 7 heteroatoms. The number of carbonyl (C=O) groups excluding carboxylic acids is 1. The second kappa shape index (κ2) is 9.28. The van der Waals surface area contributed by atoms with Crippen LogP contribution in [0.25, 0.3) is 0 Å². The van der Waals surface area contributed by atoms with E-state index in [2.05, 4.69) is 25.5 Å². The van der Waals surface area contributed by atoms with E-state index in [-0.39, 0.29) is 5.91 Å². The topological polar surface area (TPSA) is 68.7 Å². The fourth-order valence-electron chi connectivity index (χ4n) is 3.60. The van der Waals surface area contributed by atoms with Gasteiger partial charge in [-0.25, -0.2) is 4.98 Å². The Morgan fingerprint density at radius 3 is 2.57 bits per heavy atom. The molecule has 1 amide bonds.